The molecular weight excluding hydrogens is 308 g/mol. The third-order valence-corrected chi connectivity index (χ3v) is 5.04. The summed E-state index contributed by atoms with van der Waals surface area (Å²) in [7, 11) is 0. The zero-order chi connectivity index (χ0) is 16.2. The molecule has 1 aromatic carbocycles. The zero-order valence-corrected chi connectivity index (χ0v) is 13.9. The number of nitrogens with zero attached hydrogens (tertiary/aromatic N) is 1. The highest BCUT2D eigenvalue weighted by Crippen LogP contribution is 2.23. The van der Waals surface area contributed by atoms with Gasteiger partial charge in [0.25, 0.3) is 5.91 Å². The maximum atomic E-state index is 12.6. The maximum absolute atomic E-state index is 12.6. The number of amides is 2. The van der Waals surface area contributed by atoms with E-state index in [9.17, 15) is 9.59 Å². The van der Waals surface area contributed by atoms with Gasteiger partial charge in [-0.3, -0.25) is 9.59 Å². The number of nitrogens with one attached hydrogen (secondary N) is 1. The van der Waals surface area contributed by atoms with Gasteiger partial charge in [0.05, 0.1) is 4.88 Å². The van der Waals surface area contributed by atoms with Crippen molar-refractivity contribution in [3.8, 4) is 0 Å². The molecule has 2 aromatic rings. The van der Waals surface area contributed by atoms with Crippen LogP contribution < -0.4 is 5.32 Å². The summed E-state index contributed by atoms with van der Waals surface area (Å²) < 4.78 is 0. The molecular formula is C18H20N2O2S. The zero-order valence-electron chi connectivity index (χ0n) is 13.1. The standard InChI is InChI=1S/C18H20N2O2S/c1-2-13-7-9-14(10-8-13)19-17(21)15-5-3-11-20(15)18(22)16-6-4-12-23-16/h4,6-10,12,15H,2-3,5,11H2,1H3,(H,19,21)/t15-/m0/s1. The Labute approximate surface area is 140 Å². The van der Waals surface area contributed by atoms with Crippen molar-refractivity contribution >= 4 is 28.8 Å². The molecule has 1 N–H and O–H groups in total. The molecule has 3 rings (SSSR count). The molecule has 1 fully saturated rings. The first-order valence-corrected chi connectivity index (χ1v) is 8.81. The normalized spacial score (nSPS) is 17.3. The first-order chi connectivity index (χ1) is 11.2. The van der Waals surface area contributed by atoms with E-state index in [0.29, 0.717) is 11.4 Å². The van der Waals surface area contributed by atoms with Crippen molar-refractivity contribution in [2.45, 2.75) is 32.2 Å². The first kappa shape index (κ1) is 15.7. The van der Waals surface area contributed by atoms with Crippen molar-refractivity contribution in [3.63, 3.8) is 0 Å². The first-order valence-electron chi connectivity index (χ1n) is 7.93. The van der Waals surface area contributed by atoms with Crippen molar-refractivity contribution in [1.82, 2.24) is 4.90 Å². The van der Waals surface area contributed by atoms with Crippen LogP contribution in [-0.2, 0) is 11.2 Å². The minimum Gasteiger partial charge on any atom is -0.326 e. The average molecular weight is 328 g/mol. The summed E-state index contributed by atoms with van der Waals surface area (Å²) in [5.74, 6) is -0.143. The number of rotatable bonds is 4. The highest BCUT2D eigenvalue weighted by molar-refractivity contribution is 7.12. The molecule has 2 amide bonds. The lowest BCUT2D eigenvalue weighted by atomic mass is 10.1. The van der Waals surface area contributed by atoms with Crippen LogP contribution in [0.25, 0.3) is 0 Å². The van der Waals surface area contributed by atoms with E-state index in [4.69, 9.17) is 0 Å². The monoisotopic (exact) mass is 328 g/mol. The molecule has 120 valence electrons. The van der Waals surface area contributed by atoms with E-state index in [0.717, 1.165) is 24.9 Å². The molecule has 2 heterocycles. The molecule has 0 spiro atoms. The minimum absolute atomic E-state index is 0.0426. The molecule has 0 bridgehead atoms. The van der Waals surface area contributed by atoms with Gasteiger partial charge in [0.1, 0.15) is 6.04 Å². The van der Waals surface area contributed by atoms with Gasteiger partial charge in [-0.25, -0.2) is 0 Å². The predicted molar refractivity (Wildman–Crippen MR) is 92.8 cm³/mol. The number of hydrogen-bond donors (Lipinski definition) is 1. The van der Waals surface area contributed by atoms with Crippen LogP contribution in [0.4, 0.5) is 5.69 Å². The third-order valence-electron chi connectivity index (χ3n) is 4.18. The Morgan fingerprint density at radius 3 is 2.70 bits per heavy atom. The number of benzene rings is 1. The van der Waals surface area contributed by atoms with Gasteiger partial charge in [-0.2, -0.15) is 0 Å². The van der Waals surface area contributed by atoms with Gasteiger partial charge in [0, 0.05) is 12.2 Å². The number of carbonyl (C=O) groups is 2. The summed E-state index contributed by atoms with van der Waals surface area (Å²) in [6, 6.07) is 11.1. The fourth-order valence-electron chi connectivity index (χ4n) is 2.87. The summed E-state index contributed by atoms with van der Waals surface area (Å²) in [5.41, 5.74) is 2.01. The van der Waals surface area contributed by atoms with Crippen molar-refractivity contribution in [3.05, 3.63) is 52.2 Å². The molecule has 5 heteroatoms. The Bertz CT molecular complexity index is 680. The Morgan fingerprint density at radius 1 is 1.26 bits per heavy atom. The molecule has 0 radical (unpaired) electrons. The van der Waals surface area contributed by atoms with Crippen molar-refractivity contribution in [1.29, 1.82) is 0 Å². The van der Waals surface area contributed by atoms with Gasteiger partial charge in [0.15, 0.2) is 0 Å². The Balaban J connectivity index is 1.69. The van der Waals surface area contributed by atoms with E-state index >= 15 is 0 Å². The smallest absolute Gasteiger partial charge is 0.264 e. The molecule has 1 aromatic heterocycles. The van der Waals surface area contributed by atoms with Gasteiger partial charge in [0.2, 0.25) is 5.91 Å². The number of anilines is 1. The number of likely N-dealkylation sites (tertiary alicyclic amines) is 1. The topological polar surface area (TPSA) is 49.4 Å². The second-order valence-corrected chi connectivity index (χ2v) is 6.62. The van der Waals surface area contributed by atoms with Gasteiger partial charge in [-0.15, -0.1) is 11.3 Å². The molecule has 0 saturated carbocycles. The van der Waals surface area contributed by atoms with Crippen LogP contribution in [0.1, 0.15) is 35.0 Å². The second kappa shape index (κ2) is 6.96. The number of aryl methyl sites for hydroxylation is 1. The quantitative estimate of drug-likeness (QED) is 0.933. The molecule has 1 aliphatic rings. The lowest BCUT2D eigenvalue weighted by molar-refractivity contribution is -0.119. The largest absolute Gasteiger partial charge is 0.326 e. The molecule has 23 heavy (non-hydrogen) atoms. The van der Waals surface area contributed by atoms with E-state index < -0.39 is 0 Å². The summed E-state index contributed by atoms with van der Waals surface area (Å²) in [4.78, 5) is 27.5. The Hall–Kier alpha value is -2.14. The van der Waals surface area contributed by atoms with Crippen LogP contribution in [0.5, 0.6) is 0 Å². The van der Waals surface area contributed by atoms with Gasteiger partial charge in [-0.1, -0.05) is 25.1 Å². The van der Waals surface area contributed by atoms with E-state index in [-0.39, 0.29) is 17.9 Å². The van der Waals surface area contributed by atoms with Gasteiger partial charge < -0.3 is 10.2 Å². The predicted octanol–water partition coefficient (Wildman–Crippen LogP) is 3.55. The summed E-state index contributed by atoms with van der Waals surface area (Å²) in [5, 5.41) is 4.82. The van der Waals surface area contributed by atoms with Crippen LogP contribution in [0, 0.1) is 0 Å². The summed E-state index contributed by atoms with van der Waals surface area (Å²) in [6.45, 7) is 2.74. The van der Waals surface area contributed by atoms with Crippen molar-refractivity contribution in [2.24, 2.45) is 0 Å². The van der Waals surface area contributed by atoms with Crippen LogP contribution in [0.15, 0.2) is 41.8 Å². The molecule has 1 atom stereocenters. The lowest BCUT2D eigenvalue weighted by Crippen LogP contribution is -2.42. The molecule has 1 saturated heterocycles. The Morgan fingerprint density at radius 2 is 2.04 bits per heavy atom. The van der Waals surface area contributed by atoms with Gasteiger partial charge in [-0.05, 0) is 48.4 Å². The van der Waals surface area contributed by atoms with E-state index in [2.05, 4.69) is 12.2 Å². The lowest BCUT2D eigenvalue weighted by Gasteiger charge is -2.23. The molecule has 0 aliphatic carbocycles. The highest BCUT2D eigenvalue weighted by Gasteiger charge is 2.34. The summed E-state index contributed by atoms with van der Waals surface area (Å²) >= 11 is 1.42. The highest BCUT2D eigenvalue weighted by atomic mass is 32.1. The van der Waals surface area contributed by atoms with Crippen LogP contribution in [0.3, 0.4) is 0 Å². The minimum atomic E-state index is -0.379. The van der Waals surface area contributed by atoms with Crippen LogP contribution in [-0.4, -0.2) is 29.3 Å². The third kappa shape index (κ3) is 3.45. The summed E-state index contributed by atoms with van der Waals surface area (Å²) in [6.07, 6.45) is 2.56. The number of carbonyl (C=O) groups excluding carboxylic acids is 2. The fraction of sp³-hybridized carbons (Fsp3) is 0.333. The SMILES string of the molecule is CCc1ccc(NC(=O)[C@@H]2CCCN2C(=O)c2cccs2)cc1. The van der Waals surface area contributed by atoms with Crippen LogP contribution >= 0.6 is 11.3 Å². The number of hydrogen-bond acceptors (Lipinski definition) is 3. The van der Waals surface area contributed by atoms with Crippen molar-refractivity contribution in [2.75, 3.05) is 11.9 Å². The fourth-order valence-corrected chi connectivity index (χ4v) is 3.55. The van der Waals surface area contributed by atoms with E-state index in [1.807, 2.05) is 41.8 Å². The van der Waals surface area contributed by atoms with Crippen LogP contribution in [0.2, 0.25) is 0 Å². The Kier molecular flexibility index (Phi) is 4.76. The average Bonchev–Trinajstić information content (AvgIpc) is 3.26. The van der Waals surface area contributed by atoms with Gasteiger partial charge >= 0.3 is 0 Å². The maximum Gasteiger partial charge on any atom is 0.264 e. The molecule has 4 nitrogen and oxygen atoms in total. The molecule has 0 unspecified atom stereocenters. The van der Waals surface area contributed by atoms with Crippen molar-refractivity contribution < 1.29 is 9.59 Å². The second-order valence-electron chi connectivity index (χ2n) is 5.67. The van der Waals surface area contributed by atoms with E-state index in [1.54, 1.807) is 4.90 Å². The molecule has 1 aliphatic heterocycles. The number of thiophene rings is 1. The van der Waals surface area contributed by atoms with E-state index in [1.165, 1.54) is 16.9 Å².